The normalized spacial score (nSPS) is 24.3. The van der Waals surface area contributed by atoms with Crippen molar-refractivity contribution in [2.45, 2.75) is 31.1 Å². The number of nitrogens with zero attached hydrogens (tertiary/aromatic N) is 5. The third kappa shape index (κ3) is 2.25. The van der Waals surface area contributed by atoms with Gasteiger partial charge in [0.1, 0.15) is 5.82 Å². The third-order valence-corrected chi connectivity index (χ3v) is 4.04. The van der Waals surface area contributed by atoms with Gasteiger partial charge in [-0.25, -0.2) is 0 Å². The highest BCUT2D eigenvalue weighted by molar-refractivity contribution is 6.20. The van der Waals surface area contributed by atoms with Gasteiger partial charge in [0.25, 0.3) is 0 Å². The molecular formula is C11H15ClN6. The summed E-state index contributed by atoms with van der Waals surface area (Å²) in [6, 6.07) is 0. The molecule has 1 N–H and O–H groups in total. The van der Waals surface area contributed by atoms with Crippen molar-refractivity contribution in [3.8, 4) is 0 Å². The number of tetrazole rings is 1. The molecule has 6 nitrogen and oxygen atoms in total. The predicted octanol–water partition coefficient (Wildman–Crippen LogP) is 1.73. The summed E-state index contributed by atoms with van der Waals surface area (Å²) < 4.78 is 1.65. The van der Waals surface area contributed by atoms with Crippen molar-refractivity contribution >= 4 is 23.1 Å². The van der Waals surface area contributed by atoms with Crippen LogP contribution in [0.25, 0.3) is 5.65 Å². The second-order valence-electron chi connectivity index (χ2n) is 4.68. The lowest BCUT2D eigenvalue weighted by atomic mass is 9.89. The van der Waals surface area contributed by atoms with Crippen molar-refractivity contribution in [2.75, 3.05) is 11.9 Å². The lowest BCUT2D eigenvalue weighted by Gasteiger charge is -2.27. The Labute approximate surface area is 110 Å². The van der Waals surface area contributed by atoms with Crippen LogP contribution in [0.4, 0.5) is 5.82 Å². The van der Waals surface area contributed by atoms with Gasteiger partial charge in [0.05, 0.1) is 12.4 Å². The van der Waals surface area contributed by atoms with Gasteiger partial charge in [0.2, 0.25) is 0 Å². The van der Waals surface area contributed by atoms with Crippen LogP contribution in [0.1, 0.15) is 25.7 Å². The third-order valence-electron chi connectivity index (χ3n) is 3.47. The van der Waals surface area contributed by atoms with Crippen LogP contribution in [-0.2, 0) is 0 Å². The Morgan fingerprint density at radius 1 is 1.33 bits per heavy atom. The van der Waals surface area contributed by atoms with Gasteiger partial charge in [-0.1, -0.05) is 12.8 Å². The molecule has 2 atom stereocenters. The first-order valence-electron chi connectivity index (χ1n) is 6.24. The lowest BCUT2D eigenvalue weighted by Crippen LogP contribution is -2.27. The van der Waals surface area contributed by atoms with Crippen molar-refractivity contribution in [1.29, 1.82) is 0 Å². The summed E-state index contributed by atoms with van der Waals surface area (Å²) in [5.74, 6) is 1.32. The quantitative estimate of drug-likeness (QED) is 0.857. The Morgan fingerprint density at radius 3 is 3.11 bits per heavy atom. The molecule has 7 heteroatoms. The molecule has 2 heterocycles. The van der Waals surface area contributed by atoms with Gasteiger partial charge >= 0.3 is 0 Å². The fraction of sp³-hybridized carbons (Fsp3) is 0.636. The number of nitrogens with one attached hydrogen (secondary N) is 1. The highest BCUT2D eigenvalue weighted by Crippen LogP contribution is 2.28. The molecule has 18 heavy (non-hydrogen) atoms. The summed E-state index contributed by atoms with van der Waals surface area (Å²) in [5, 5.41) is 15.0. The Hall–Kier alpha value is -1.43. The molecular weight excluding hydrogens is 252 g/mol. The predicted molar refractivity (Wildman–Crippen MR) is 68.7 cm³/mol. The molecule has 2 unspecified atom stereocenters. The molecule has 1 fully saturated rings. The van der Waals surface area contributed by atoms with E-state index in [1.165, 1.54) is 19.3 Å². The van der Waals surface area contributed by atoms with Gasteiger partial charge in [0.15, 0.2) is 5.65 Å². The molecule has 3 rings (SSSR count). The monoisotopic (exact) mass is 266 g/mol. The van der Waals surface area contributed by atoms with Crippen LogP contribution < -0.4 is 5.32 Å². The Morgan fingerprint density at radius 2 is 2.22 bits per heavy atom. The van der Waals surface area contributed by atoms with Gasteiger partial charge in [0, 0.05) is 11.9 Å². The van der Waals surface area contributed by atoms with E-state index in [1.54, 1.807) is 16.9 Å². The minimum Gasteiger partial charge on any atom is -0.368 e. The average molecular weight is 267 g/mol. The Balaban J connectivity index is 1.71. The zero-order chi connectivity index (χ0) is 12.4. The molecule has 2 aromatic rings. The molecule has 0 saturated heterocycles. The summed E-state index contributed by atoms with van der Waals surface area (Å²) >= 11 is 6.34. The van der Waals surface area contributed by atoms with E-state index >= 15 is 0 Å². The minimum atomic E-state index is 0.271. The number of hydrogen-bond acceptors (Lipinski definition) is 5. The van der Waals surface area contributed by atoms with E-state index in [0.29, 0.717) is 11.6 Å². The average Bonchev–Trinajstić information content (AvgIpc) is 2.86. The molecule has 1 aliphatic rings. The van der Waals surface area contributed by atoms with Gasteiger partial charge in [-0.2, -0.15) is 4.52 Å². The van der Waals surface area contributed by atoms with E-state index in [2.05, 4.69) is 25.8 Å². The molecule has 0 radical (unpaired) electrons. The van der Waals surface area contributed by atoms with Crippen LogP contribution in [0.2, 0.25) is 0 Å². The molecule has 0 amide bonds. The maximum Gasteiger partial charge on any atom is 0.199 e. The van der Waals surface area contributed by atoms with Crippen LogP contribution in [0.15, 0.2) is 12.4 Å². The number of rotatable bonds is 3. The summed E-state index contributed by atoms with van der Waals surface area (Å²) in [7, 11) is 0. The zero-order valence-corrected chi connectivity index (χ0v) is 10.7. The maximum absolute atomic E-state index is 6.34. The second kappa shape index (κ2) is 5.06. The van der Waals surface area contributed by atoms with Crippen molar-refractivity contribution in [3.63, 3.8) is 0 Å². The van der Waals surface area contributed by atoms with Crippen LogP contribution in [0.5, 0.6) is 0 Å². The number of alkyl halides is 1. The summed E-state index contributed by atoms with van der Waals surface area (Å²) in [6.45, 7) is 0.842. The van der Waals surface area contributed by atoms with E-state index in [0.717, 1.165) is 18.8 Å². The molecule has 1 saturated carbocycles. The largest absolute Gasteiger partial charge is 0.368 e. The van der Waals surface area contributed by atoms with E-state index in [1.807, 2.05) is 0 Å². The molecule has 0 aliphatic heterocycles. The first-order valence-corrected chi connectivity index (χ1v) is 6.68. The fourth-order valence-corrected chi connectivity index (χ4v) is 2.79. The first kappa shape index (κ1) is 11.6. The number of aromatic nitrogens is 5. The zero-order valence-electron chi connectivity index (χ0n) is 9.96. The van der Waals surface area contributed by atoms with E-state index in [9.17, 15) is 0 Å². The number of halogens is 1. The highest BCUT2D eigenvalue weighted by atomic mass is 35.5. The minimum absolute atomic E-state index is 0.271. The van der Waals surface area contributed by atoms with Crippen LogP contribution >= 0.6 is 11.6 Å². The second-order valence-corrected chi connectivity index (χ2v) is 5.24. The van der Waals surface area contributed by atoms with Gasteiger partial charge < -0.3 is 5.32 Å². The van der Waals surface area contributed by atoms with E-state index < -0.39 is 0 Å². The summed E-state index contributed by atoms with van der Waals surface area (Å²) in [4.78, 5) is 4.11. The molecule has 96 valence electrons. The smallest absolute Gasteiger partial charge is 0.199 e. The van der Waals surface area contributed by atoms with Crippen molar-refractivity contribution in [3.05, 3.63) is 12.4 Å². The number of hydrogen-bond donors (Lipinski definition) is 1. The summed E-state index contributed by atoms with van der Waals surface area (Å²) in [6.07, 6.45) is 8.17. The molecule has 0 aromatic carbocycles. The Bertz CT molecular complexity index is 527. The molecule has 0 spiro atoms. The molecule has 1 aliphatic carbocycles. The summed E-state index contributed by atoms with van der Waals surface area (Å²) in [5.41, 5.74) is 0.645. The standard InChI is InChI=1S/C11H15ClN6/c12-9-4-2-1-3-8(9)5-14-10-6-13-7-11-15-16-17-18(10)11/h6-9,14H,1-5H2. The van der Waals surface area contributed by atoms with E-state index in [4.69, 9.17) is 11.6 Å². The van der Waals surface area contributed by atoms with Gasteiger partial charge in [-0.15, -0.1) is 16.7 Å². The topological polar surface area (TPSA) is 68.0 Å². The van der Waals surface area contributed by atoms with E-state index in [-0.39, 0.29) is 5.38 Å². The number of fused-ring (bicyclic) bond motifs is 1. The van der Waals surface area contributed by atoms with Crippen molar-refractivity contribution < 1.29 is 0 Å². The van der Waals surface area contributed by atoms with Gasteiger partial charge in [-0.05, 0) is 29.2 Å². The molecule has 0 bridgehead atoms. The van der Waals surface area contributed by atoms with Crippen molar-refractivity contribution in [1.82, 2.24) is 25.0 Å². The maximum atomic E-state index is 6.34. The number of anilines is 1. The fourth-order valence-electron chi connectivity index (χ4n) is 2.42. The SMILES string of the molecule is ClC1CCCCC1CNc1cncc2nnnn12. The van der Waals surface area contributed by atoms with Crippen LogP contribution in [0, 0.1) is 5.92 Å². The van der Waals surface area contributed by atoms with Crippen molar-refractivity contribution in [2.24, 2.45) is 5.92 Å². The van der Waals surface area contributed by atoms with Crippen LogP contribution in [-0.4, -0.2) is 36.9 Å². The Kier molecular flexibility index (Phi) is 3.27. The van der Waals surface area contributed by atoms with Crippen LogP contribution in [0.3, 0.4) is 0 Å². The molecule has 2 aromatic heterocycles. The lowest BCUT2D eigenvalue weighted by molar-refractivity contribution is 0.380. The first-order chi connectivity index (χ1) is 8.84. The van der Waals surface area contributed by atoms with Gasteiger partial charge in [-0.3, -0.25) is 4.98 Å². The highest BCUT2D eigenvalue weighted by Gasteiger charge is 2.23.